The summed E-state index contributed by atoms with van der Waals surface area (Å²) in [6, 6.07) is 15.6. The molecule has 3 aromatic rings. The first-order valence-electron chi connectivity index (χ1n) is 6.80. The normalized spacial score (nSPS) is 10.6. The number of nitrogens with zero attached hydrogens (tertiary/aromatic N) is 2. The van der Waals surface area contributed by atoms with Gasteiger partial charge in [0.1, 0.15) is 5.75 Å². The number of aryl methyl sites for hydroxylation is 1. The third kappa shape index (κ3) is 2.78. The topological polar surface area (TPSA) is 73.1 Å². The minimum absolute atomic E-state index is 0.329. The summed E-state index contributed by atoms with van der Waals surface area (Å²) in [5, 5.41) is 0.846. The zero-order valence-corrected chi connectivity index (χ0v) is 11.7. The van der Waals surface area contributed by atoms with Crippen molar-refractivity contribution in [1.29, 1.82) is 0 Å². The number of nitrogen functional groups attached to an aromatic ring is 1. The fourth-order valence-corrected chi connectivity index (χ4v) is 2.13. The first-order valence-corrected chi connectivity index (χ1v) is 6.80. The first kappa shape index (κ1) is 13.3. The van der Waals surface area contributed by atoms with Gasteiger partial charge in [0.05, 0.1) is 10.9 Å². The van der Waals surface area contributed by atoms with Crippen molar-refractivity contribution in [2.45, 2.75) is 13.3 Å². The number of nitrogens with two attached hydrogens (primary N) is 1. The van der Waals surface area contributed by atoms with Crippen molar-refractivity contribution in [1.82, 2.24) is 9.97 Å². The van der Waals surface area contributed by atoms with E-state index in [0.29, 0.717) is 11.8 Å². The monoisotopic (exact) mass is 280 g/mol. The van der Waals surface area contributed by atoms with E-state index in [1.54, 1.807) is 0 Å². The molecule has 0 aliphatic heterocycles. The highest BCUT2D eigenvalue weighted by molar-refractivity contribution is 5.84. The molecule has 0 spiro atoms. The molecular formula is C16H16N4O. The van der Waals surface area contributed by atoms with Crippen LogP contribution in [-0.2, 0) is 6.42 Å². The van der Waals surface area contributed by atoms with Gasteiger partial charge in [-0.2, -0.15) is 4.98 Å². The van der Waals surface area contributed by atoms with Crippen molar-refractivity contribution in [3.8, 4) is 11.6 Å². The molecule has 3 N–H and O–H groups in total. The van der Waals surface area contributed by atoms with Crippen molar-refractivity contribution in [2.24, 2.45) is 5.84 Å². The zero-order valence-electron chi connectivity index (χ0n) is 11.7. The number of nitrogens with one attached hydrogen (secondary N) is 1. The quantitative estimate of drug-likeness (QED) is 0.567. The number of fused-ring (bicyclic) bond motifs is 1. The molecule has 106 valence electrons. The number of hydrazine groups is 1. The van der Waals surface area contributed by atoms with Crippen molar-refractivity contribution in [3.05, 3.63) is 54.1 Å². The molecule has 2 aromatic carbocycles. The van der Waals surface area contributed by atoms with Gasteiger partial charge in [-0.3, -0.25) is 5.43 Å². The van der Waals surface area contributed by atoms with Gasteiger partial charge in [0, 0.05) is 0 Å². The third-order valence-corrected chi connectivity index (χ3v) is 3.22. The first-order chi connectivity index (χ1) is 10.3. The van der Waals surface area contributed by atoms with Crippen LogP contribution in [0.15, 0.2) is 48.5 Å². The Morgan fingerprint density at radius 1 is 1.10 bits per heavy atom. The predicted octanol–water partition coefficient (Wildman–Crippen LogP) is 3.27. The molecule has 0 radical (unpaired) electrons. The molecule has 1 aromatic heterocycles. The minimum Gasteiger partial charge on any atom is -0.438 e. The number of ether oxygens (including phenoxy) is 1. The number of para-hydroxylation sites is 1. The maximum absolute atomic E-state index is 5.93. The summed E-state index contributed by atoms with van der Waals surface area (Å²) in [7, 11) is 0. The van der Waals surface area contributed by atoms with E-state index in [4.69, 9.17) is 10.6 Å². The van der Waals surface area contributed by atoms with E-state index < -0.39 is 0 Å². The molecule has 3 rings (SSSR count). The Hall–Kier alpha value is -2.66. The number of aromatic nitrogens is 2. The average molecular weight is 280 g/mol. The summed E-state index contributed by atoms with van der Waals surface area (Å²) >= 11 is 0. The molecule has 21 heavy (non-hydrogen) atoms. The average Bonchev–Trinajstić information content (AvgIpc) is 2.55. The summed E-state index contributed by atoms with van der Waals surface area (Å²) in [6.07, 6.45) is 0.956. The summed E-state index contributed by atoms with van der Waals surface area (Å²) < 4.78 is 5.93. The van der Waals surface area contributed by atoms with Gasteiger partial charge in [0.25, 0.3) is 0 Å². The Bertz CT molecular complexity index is 773. The zero-order chi connectivity index (χ0) is 14.7. The minimum atomic E-state index is 0.329. The lowest BCUT2D eigenvalue weighted by atomic mass is 10.2. The Balaban J connectivity index is 2.06. The van der Waals surface area contributed by atoms with Crippen molar-refractivity contribution in [3.63, 3.8) is 0 Å². The van der Waals surface area contributed by atoms with Crippen LogP contribution in [0.5, 0.6) is 11.6 Å². The highest BCUT2D eigenvalue weighted by atomic mass is 16.5. The van der Waals surface area contributed by atoms with E-state index in [2.05, 4.69) is 28.4 Å². The lowest BCUT2D eigenvalue weighted by Gasteiger charge is -2.10. The summed E-state index contributed by atoms with van der Waals surface area (Å²) in [4.78, 5) is 8.60. The molecular weight excluding hydrogens is 264 g/mol. The van der Waals surface area contributed by atoms with Crippen molar-refractivity contribution < 1.29 is 4.74 Å². The Morgan fingerprint density at radius 3 is 2.76 bits per heavy atom. The second kappa shape index (κ2) is 5.76. The predicted molar refractivity (Wildman–Crippen MR) is 83.2 cm³/mol. The Kier molecular flexibility index (Phi) is 3.66. The maximum Gasteiger partial charge on any atom is 0.241 e. The highest BCUT2D eigenvalue weighted by Crippen LogP contribution is 2.28. The van der Waals surface area contributed by atoms with Gasteiger partial charge in [-0.25, -0.2) is 10.8 Å². The van der Waals surface area contributed by atoms with E-state index in [9.17, 15) is 0 Å². The van der Waals surface area contributed by atoms with Crippen LogP contribution < -0.4 is 16.0 Å². The molecule has 0 saturated carbocycles. The fourth-order valence-electron chi connectivity index (χ4n) is 2.13. The number of hydrogen-bond acceptors (Lipinski definition) is 5. The largest absolute Gasteiger partial charge is 0.438 e. The van der Waals surface area contributed by atoms with Crippen molar-refractivity contribution >= 4 is 16.9 Å². The van der Waals surface area contributed by atoms with Gasteiger partial charge in [-0.05, 0) is 36.2 Å². The number of rotatable bonds is 4. The SMILES string of the molecule is CCc1cccc(Oc2nc(NN)nc3ccccc23)c1. The standard InChI is InChI=1S/C16H16N4O/c1-2-11-6-5-7-12(10-11)21-15-13-8-3-4-9-14(13)18-16(19-15)20-17/h3-10H,2,17H2,1H3,(H,18,19,20). The van der Waals surface area contributed by atoms with Crippen LogP contribution in [0.1, 0.15) is 12.5 Å². The Labute approximate surface area is 122 Å². The summed E-state index contributed by atoms with van der Waals surface area (Å²) in [5.74, 6) is 6.99. The number of anilines is 1. The lowest BCUT2D eigenvalue weighted by Crippen LogP contribution is -2.11. The van der Waals surface area contributed by atoms with Crippen LogP contribution in [0.2, 0.25) is 0 Å². The molecule has 0 saturated heterocycles. The number of hydrogen-bond donors (Lipinski definition) is 2. The van der Waals surface area contributed by atoms with E-state index in [0.717, 1.165) is 23.1 Å². The van der Waals surface area contributed by atoms with E-state index in [-0.39, 0.29) is 0 Å². The fraction of sp³-hybridized carbons (Fsp3) is 0.125. The van der Waals surface area contributed by atoms with Gasteiger partial charge in [0.2, 0.25) is 11.8 Å². The molecule has 1 heterocycles. The maximum atomic E-state index is 5.93. The molecule has 0 bridgehead atoms. The molecule has 0 aliphatic carbocycles. The smallest absolute Gasteiger partial charge is 0.241 e. The van der Waals surface area contributed by atoms with E-state index >= 15 is 0 Å². The number of benzene rings is 2. The van der Waals surface area contributed by atoms with Gasteiger partial charge in [0.15, 0.2) is 0 Å². The molecule has 0 unspecified atom stereocenters. The summed E-state index contributed by atoms with van der Waals surface area (Å²) in [5.41, 5.74) is 4.46. The van der Waals surface area contributed by atoms with E-state index in [1.165, 1.54) is 5.56 Å². The highest BCUT2D eigenvalue weighted by Gasteiger charge is 2.09. The second-order valence-corrected chi connectivity index (χ2v) is 4.62. The van der Waals surface area contributed by atoms with Crippen LogP contribution in [0, 0.1) is 0 Å². The second-order valence-electron chi connectivity index (χ2n) is 4.62. The summed E-state index contributed by atoms with van der Waals surface area (Å²) in [6.45, 7) is 2.11. The third-order valence-electron chi connectivity index (χ3n) is 3.22. The van der Waals surface area contributed by atoms with Crippen molar-refractivity contribution in [2.75, 3.05) is 5.43 Å². The van der Waals surface area contributed by atoms with Gasteiger partial charge >= 0.3 is 0 Å². The lowest BCUT2D eigenvalue weighted by molar-refractivity contribution is 0.468. The van der Waals surface area contributed by atoms with Crippen LogP contribution in [0.25, 0.3) is 10.9 Å². The molecule has 0 atom stereocenters. The van der Waals surface area contributed by atoms with Gasteiger partial charge < -0.3 is 4.74 Å². The van der Waals surface area contributed by atoms with Gasteiger partial charge in [-0.1, -0.05) is 31.2 Å². The molecule has 5 heteroatoms. The molecule has 5 nitrogen and oxygen atoms in total. The van der Waals surface area contributed by atoms with Crippen LogP contribution >= 0.6 is 0 Å². The molecule has 0 fully saturated rings. The van der Waals surface area contributed by atoms with Crippen LogP contribution in [0.4, 0.5) is 5.95 Å². The molecule has 0 aliphatic rings. The van der Waals surface area contributed by atoms with Crippen LogP contribution in [-0.4, -0.2) is 9.97 Å². The van der Waals surface area contributed by atoms with E-state index in [1.807, 2.05) is 42.5 Å². The Morgan fingerprint density at radius 2 is 1.95 bits per heavy atom. The van der Waals surface area contributed by atoms with Crippen LogP contribution in [0.3, 0.4) is 0 Å². The molecule has 0 amide bonds. The van der Waals surface area contributed by atoms with Gasteiger partial charge in [-0.15, -0.1) is 0 Å².